The van der Waals surface area contributed by atoms with E-state index in [0.717, 1.165) is 5.56 Å². The average molecular weight is 210 g/mol. The Bertz CT molecular complexity index is 337. The van der Waals surface area contributed by atoms with Gasteiger partial charge in [0.15, 0.2) is 0 Å². The summed E-state index contributed by atoms with van der Waals surface area (Å²) in [5.41, 5.74) is 0.781. The van der Waals surface area contributed by atoms with Crippen LogP contribution in [-0.2, 0) is 24.0 Å². The molecule has 1 aliphatic heterocycles. The molecule has 1 fully saturated rings. The van der Waals surface area contributed by atoms with Gasteiger partial charge >= 0.3 is 5.97 Å². The van der Waals surface area contributed by atoms with Crippen molar-refractivity contribution >= 4 is 5.97 Å². The van der Waals surface area contributed by atoms with E-state index in [1.54, 1.807) is 0 Å². The molecule has 5 heteroatoms. The highest BCUT2D eigenvalue weighted by Crippen LogP contribution is 2.27. The molecule has 0 spiro atoms. The number of carbonyl (C=O) groups is 1. The van der Waals surface area contributed by atoms with Crippen LogP contribution >= 0.6 is 0 Å². The van der Waals surface area contributed by atoms with Crippen molar-refractivity contribution in [3.63, 3.8) is 0 Å². The molecule has 0 bridgehead atoms. The molecule has 1 aromatic carbocycles. The minimum Gasteiger partial charge on any atom is -0.465 e. The highest BCUT2D eigenvalue weighted by atomic mass is 17.3. The van der Waals surface area contributed by atoms with Crippen LogP contribution in [-0.4, -0.2) is 19.4 Å². The lowest BCUT2D eigenvalue weighted by atomic mass is 10.2. The van der Waals surface area contributed by atoms with Crippen molar-refractivity contribution in [2.24, 2.45) is 0 Å². The number of rotatable bonds is 2. The maximum atomic E-state index is 11.0. The Morgan fingerprint density at radius 1 is 1.27 bits per heavy atom. The number of carbonyl (C=O) groups excluding carboxylic acids is 1. The van der Waals surface area contributed by atoms with Gasteiger partial charge in [0, 0.05) is 5.56 Å². The Morgan fingerprint density at radius 2 is 2.00 bits per heavy atom. The molecule has 80 valence electrons. The molecule has 1 aliphatic rings. The van der Waals surface area contributed by atoms with Crippen LogP contribution in [0.15, 0.2) is 30.3 Å². The second kappa shape index (κ2) is 4.39. The molecule has 0 amide bonds. The normalized spacial score (nSPS) is 25.1. The third-order valence-corrected chi connectivity index (χ3v) is 1.94. The first-order valence-corrected chi connectivity index (χ1v) is 4.41. The summed E-state index contributed by atoms with van der Waals surface area (Å²) >= 11 is 0. The molecular weight excluding hydrogens is 200 g/mol. The zero-order chi connectivity index (χ0) is 10.7. The van der Waals surface area contributed by atoms with E-state index in [0.29, 0.717) is 0 Å². The van der Waals surface area contributed by atoms with Gasteiger partial charge < -0.3 is 9.47 Å². The fourth-order valence-corrected chi connectivity index (χ4v) is 1.19. The summed E-state index contributed by atoms with van der Waals surface area (Å²) in [6.07, 6.45) is -1.80. The molecule has 0 radical (unpaired) electrons. The Hall–Kier alpha value is -1.43. The first-order chi connectivity index (χ1) is 7.31. The van der Waals surface area contributed by atoms with Gasteiger partial charge in [-0.05, 0) is 0 Å². The molecule has 15 heavy (non-hydrogen) atoms. The van der Waals surface area contributed by atoms with Gasteiger partial charge in [-0.3, -0.25) is 0 Å². The number of ether oxygens (including phenoxy) is 2. The maximum Gasteiger partial charge on any atom is 0.366 e. The summed E-state index contributed by atoms with van der Waals surface area (Å²) in [6.45, 7) is 0. The van der Waals surface area contributed by atoms with Crippen molar-refractivity contribution < 1.29 is 24.0 Å². The van der Waals surface area contributed by atoms with Crippen LogP contribution in [0.5, 0.6) is 0 Å². The quantitative estimate of drug-likeness (QED) is 0.541. The molecule has 0 aromatic heterocycles. The lowest BCUT2D eigenvalue weighted by Gasteiger charge is -2.06. The van der Waals surface area contributed by atoms with Crippen molar-refractivity contribution in [1.29, 1.82) is 0 Å². The molecule has 0 unspecified atom stereocenters. The van der Waals surface area contributed by atoms with Crippen LogP contribution in [0.25, 0.3) is 0 Å². The second-order valence-corrected chi connectivity index (χ2v) is 2.93. The largest absolute Gasteiger partial charge is 0.465 e. The molecular formula is C10H10O5. The van der Waals surface area contributed by atoms with Crippen molar-refractivity contribution in [2.45, 2.75) is 12.6 Å². The SMILES string of the molecule is COC(=O)[C@@H]1OO[C@@H](c2ccccc2)O1. The molecule has 5 nitrogen and oxygen atoms in total. The van der Waals surface area contributed by atoms with Gasteiger partial charge in [0.2, 0.25) is 6.29 Å². The zero-order valence-electron chi connectivity index (χ0n) is 8.08. The van der Waals surface area contributed by atoms with E-state index in [2.05, 4.69) is 9.62 Å². The number of hydrogen-bond acceptors (Lipinski definition) is 5. The molecule has 1 saturated heterocycles. The van der Waals surface area contributed by atoms with Crippen molar-refractivity contribution in [3.05, 3.63) is 35.9 Å². The molecule has 0 saturated carbocycles. The molecule has 2 atom stereocenters. The van der Waals surface area contributed by atoms with Crippen LogP contribution in [0.3, 0.4) is 0 Å². The Balaban J connectivity index is 2.02. The topological polar surface area (TPSA) is 54.0 Å². The van der Waals surface area contributed by atoms with Crippen LogP contribution in [0, 0.1) is 0 Å². The molecule has 0 N–H and O–H groups in total. The van der Waals surface area contributed by atoms with Crippen molar-refractivity contribution in [3.8, 4) is 0 Å². The van der Waals surface area contributed by atoms with Crippen LogP contribution in [0.2, 0.25) is 0 Å². The smallest absolute Gasteiger partial charge is 0.366 e. The van der Waals surface area contributed by atoms with Gasteiger partial charge in [-0.2, -0.15) is 9.78 Å². The summed E-state index contributed by atoms with van der Waals surface area (Å²) in [5.74, 6) is -0.617. The average Bonchev–Trinajstić information content (AvgIpc) is 2.78. The summed E-state index contributed by atoms with van der Waals surface area (Å²) in [7, 11) is 1.25. The first kappa shape index (κ1) is 10.1. The second-order valence-electron chi connectivity index (χ2n) is 2.93. The van der Waals surface area contributed by atoms with Crippen LogP contribution in [0.4, 0.5) is 0 Å². The number of hydrogen-bond donors (Lipinski definition) is 0. The minimum absolute atomic E-state index is 0.617. The summed E-state index contributed by atoms with van der Waals surface area (Å²) in [5, 5.41) is 0. The number of esters is 1. The van der Waals surface area contributed by atoms with E-state index in [4.69, 9.17) is 9.62 Å². The van der Waals surface area contributed by atoms with Gasteiger partial charge in [-0.15, -0.1) is 0 Å². The highest BCUT2D eigenvalue weighted by molar-refractivity contribution is 5.73. The maximum absolute atomic E-state index is 11.0. The zero-order valence-corrected chi connectivity index (χ0v) is 8.08. The fraction of sp³-hybridized carbons (Fsp3) is 0.300. The van der Waals surface area contributed by atoms with Crippen LogP contribution < -0.4 is 0 Å². The molecule has 2 rings (SSSR count). The minimum atomic E-state index is -1.11. The van der Waals surface area contributed by atoms with Gasteiger partial charge in [-0.25, -0.2) is 4.79 Å². The Kier molecular flexibility index (Phi) is 2.96. The van der Waals surface area contributed by atoms with E-state index in [1.807, 2.05) is 30.3 Å². The third kappa shape index (κ3) is 2.15. The summed E-state index contributed by atoms with van der Waals surface area (Å²) < 4.78 is 9.63. The Labute approximate surface area is 86.4 Å². The van der Waals surface area contributed by atoms with E-state index in [9.17, 15) is 4.79 Å². The highest BCUT2D eigenvalue weighted by Gasteiger charge is 2.35. The van der Waals surface area contributed by atoms with Crippen molar-refractivity contribution in [2.75, 3.05) is 7.11 Å². The van der Waals surface area contributed by atoms with Gasteiger partial charge in [0.05, 0.1) is 7.11 Å². The standard InChI is InChI=1S/C10H10O5/c1-12-8(11)10-13-9(14-15-10)7-5-3-2-4-6-7/h2-6,9-10H,1H3/t9-,10-/m0/s1. The fourth-order valence-electron chi connectivity index (χ4n) is 1.19. The van der Waals surface area contributed by atoms with E-state index in [1.165, 1.54) is 7.11 Å². The monoisotopic (exact) mass is 210 g/mol. The lowest BCUT2D eigenvalue weighted by Crippen LogP contribution is -2.22. The molecule has 0 aliphatic carbocycles. The predicted octanol–water partition coefficient (Wildman–Crippen LogP) is 1.16. The van der Waals surface area contributed by atoms with E-state index < -0.39 is 18.5 Å². The predicted molar refractivity (Wildman–Crippen MR) is 48.2 cm³/mol. The lowest BCUT2D eigenvalue weighted by molar-refractivity contribution is -0.296. The van der Waals surface area contributed by atoms with E-state index in [-0.39, 0.29) is 0 Å². The number of benzene rings is 1. The van der Waals surface area contributed by atoms with E-state index >= 15 is 0 Å². The van der Waals surface area contributed by atoms with Crippen LogP contribution in [0.1, 0.15) is 11.9 Å². The van der Waals surface area contributed by atoms with Crippen molar-refractivity contribution in [1.82, 2.24) is 0 Å². The molecule has 1 heterocycles. The first-order valence-electron chi connectivity index (χ1n) is 4.41. The molecule has 1 aromatic rings. The number of methoxy groups -OCH3 is 1. The van der Waals surface area contributed by atoms with Gasteiger partial charge in [0.1, 0.15) is 0 Å². The van der Waals surface area contributed by atoms with Gasteiger partial charge in [0.25, 0.3) is 6.29 Å². The Morgan fingerprint density at radius 3 is 2.67 bits per heavy atom. The summed E-state index contributed by atoms with van der Waals surface area (Å²) in [6, 6.07) is 9.18. The summed E-state index contributed by atoms with van der Waals surface area (Å²) in [4.78, 5) is 20.6. The third-order valence-electron chi connectivity index (χ3n) is 1.94. The van der Waals surface area contributed by atoms with Gasteiger partial charge in [-0.1, -0.05) is 30.3 Å².